The minimum atomic E-state index is -0.624. The summed E-state index contributed by atoms with van der Waals surface area (Å²) in [5, 5.41) is 0.420. The monoisotopic (exact) mass is 529 g/mol. The van der Waals surface area contributed by atoms with Crippen molar-refractivity contribution >= 4 is 32.8 Å². The van der Waals surface area contributed by atoms with Gasteiger partial charge in [0, 0.05) is 18.1 Å². The summed E-state index contributed by atoms with van der Waals surface area (Å²) in [6.45, 7) is 5.69. The first-order valence-corrected chi connectivity index (χ1v) is 12.2. The average Bonchev–Trinajstić information content (AvgIpc) is 3.11. The first-order valence-electron chi connectivity index (χ1n) is 11.5. The molecule has 7 nitrogen and oxygen atoms in total. The van der Waals surface area contributed by atoms with Gasteiger partial charge in [-0.1, -0.05) is 35.3 Å². The summed E-state index contributed by atoms with van der Waals surface area (Å²) in [7, 11) is 1.58. The molecular formula is C26H28BrNO6. The lowest BCUT2D eigenvalue weighted by atomic mass is 9.98. The Kier molecular flexibility index (Phi) is 7.58. The Hall–Kier alpha value is -2.84. The van der Waals surface area contributed by atoms with Crippen LogP contribution in [0.25, 0.3) is 11.0 Å². The third kappa shape index (κ3) is 4.57. The lowest BCUT2D eigenvalue weighted by Gasteiger charge is -2.25. The van der Waals surface area contributed by atoms with Crippen LogP contribution in [-0.2, 0) is 4.74 Å². The first-order chi connectivity index (χ1) is 16.5. The second kappa shape index (κ2) is 10.6. The number of carbonyl (C=O) groups is 1. The van der Waals surface area contributed by atoms with Crippen molar-refractivity contribution in [3.63, 3.8) is 0 Å². The number of nitrogens with zero attached hydrogens (tertiary/aromatic N) is 1. The van der Waals surface area contributed by atoms with Crippen molar-refractivity contribution in [1.82, 2.24) is 4.90 Å². The standard InChI is InChI=1S/C26H28BrNO6/c1-4-6-12-33-20-9-7-16(14-21(20)32-5-2)23-22-24(29)18-15-17(27)8-10-19(18)34-25(22)26(30)28(23)11-13-31-3/h7-10,14-15,23H,4-6,11-13H2,1-3H3. The van der Waals surface area contributed by atoms with Gasteiger partial charge in [-0.25, -0.2) is 0 Å². The van der Waals surface area contributed by atoms with E-state index in [0.717, 1.165) is 22.9 Å². The topological polar surface area (TPSA) is 78.2 Å². The van der Waals surface area contributed by atoms with Gasteiger partial charge in [0.1, 0.15) is 5.58 Å². The van der Waals surface area contributed by atoms with Gasteiger partial charge in [-0.3, -0.25) is 9.59 Å². The van der Waals surface area contributed by atoms with Crippen LogP contribution in [0.3, 0.4) is 0 Å². The Bertz CT molecular complexity index is 1250. The van der Waals surface area contributed by atoms with Crippen LogP contribution in [0.4, 0.5) is 0 Å². The van der Waals surface area contributed by atoms with Crippen LogP contribution in [0.15, 0.2) is 50.1 Å². The van der Waals surface area contributed by atoms with Crippen LogP contribution in [0.2, 0.25) is 0 Å². The fourth-order valence-corrected chi connectivity index (χ4v) is 4.53. The maximum atomic E-state index is 13.6. The Morgan fingerprint density at radius 1 is 1.03 bits per heavy atom. The Balaban J connectivity index is 1.86. The summed E-state index contributed by atoms with van der Waals surface area (Å²) >= 11 is 3.42. The van der Waals surface area contributed by atoms with E-state index in [2.05, 4.69) is 22.9 Å². The third-order valence-electron chi connectivity index (χ3n) is 5.80. The molecule has 2 heterocycles. The largest absolute Gasteiger partial charge is 0.490 e. The fraction of sp³-hybridized carbons (Fsp3) is 0.385. The summed E-state index contributed by atoms with van der Waals surface area (Å²) in [6.07, 6.45) is 1.96. The smallest absolute Gasteiger partial charge is 0.290 e. The average molecular weight is 530 g/mol. The van der Waals surface area contributed by atoms with E-state index in [0.29, 0.717) is 54.4 Å². The Labute approximate surface area is 206 Å². The zero-order valence-corrected chi connectivity index (χ0v) is 21.1. The molecule has 1 amide bonds. The van der Waals surface area contributed by atoms with Crippen molar-refractivity contribution in [3.8, 4) is 11.5 Å². The number of carbonyl (C=O) groups excluding carboxylic acids is 1. The molecule has 180 valence electrons. The molecule has 0 aliphatic carbocycles. The first kappa shape index (κ1) is 24.3. The molecule has 0 saturated carbocycles. The molecule has 0 radical (unpaired) electrons. The summed E-state index contributed by atoms with van der Waals surface area (Å²) < 4.78 is 23.7. The van der Waals surface area contributed by atoms with Crippen molar-refractivity contribution in [2.75, 3.05) is 33.5 Å². The molecule has 1 aromatic heterocycles. The third-order valence-corrected chi connectivity index (χ3v) is 6.30. The van der Waals surface area contributed by atoms with Crippen LogP contribution < -0.4 is 14.9 Å². The SMILES string of the molecule is CCCCOc1ccc(C2c3c(oc4ccc(Br)cc4c3=O)C(=O)N2CCOC)cc1OCC. The van der Waals surface area contributed by atoms with E-state index in [-0.39, 0.29) is 17.1 Å². The van der Waals surface area contributed by atoms with E-state index in [9.17, 15) is 9.59 Å². The lowest BCUT2D eigenvalue weighted by Crippen LogP contribution is -2.32. The van der Waals surface area contributed by atoms with Gasteiger partial charge < -0.3 is 23.5 Å². The van der Waals surface area contributed by atoms with E-state index in [1.54, 1.807) is 30.2 Å². The number of rotatable bonds is 10. The number of amides is 1. The predicted molar refractivity (Wildman–Crippen MR) is 133 cm³/mol. The Morgan fingerprint density at radius 2 is 1.85 bits per heavy atom. The second-order valence-electron chi connectivity index (χ2n) is 8.05. The molecule has 0 spiro atoms. The molecule has 1 aliphatic rings. The van der Waals surface area contributed by atoms with Crippen LogP contribution in [-0.4, -0.2) is 44.3 Å². The zero-order chi connectivity index (χ0) is 24.2. The number of fused-ring (bicyclic) bond motifs is 2. The maximum absolute atomic E-state index is 13.6. The van der Waals surface area contributed by atoms with Crippen LogP contribution >= 0.6 is 15.9 Å². The number of benzene rings is 2. The van der Waals surface area contributed by atoms with Crippen LogP contribution in [0.5, 0.6) is 11.5 Å². The molecule has 0 bridgehead atoms. The molecule has 0 saturated heterocycles. The summed E-state index contributed by atoms with van der Waals surface area (Å²) in [5.41, 5.74) is 1.23. The van der Waals surface area contributed by atoms with Gasteiger partial charge in [-0.2, -0.15) is 0 Å². The van der Waals surface area contributed by atoms with Gasteiger partial charge in [0.2, 0.25) is 5.76 Å². The number of hydrogen-bond donors (Lipinski definition) is 0. The zero-order valence-electron chi connectivity index (χ0n) is 19.6. The molecule has 4 rings (SSSR count). The van der Waals surface area contributed by atoms with Crippen LogP contribution in [0, 0.1) is 0 Å². The van der Waals surface area contributed by atoms with Crippen molar-refractivity contribution in [2.45, 2.75) is 32.7 Å². The quantitative estimate of drug-likeness (QED) is 0.330. The molecule has 34 heavy (non-hydrogen) atoms. The highest BCUT2D eigenvalue weighted by atomic mass is 79.9. The molecule has 1 unspecified atom stereocenters. The summed E-state index contributed by atoms with van der Waals surface area (Å²) in [4.78, 5) is 28.6. The highest BCUT2D eigenvalue weighted by Gasteiger charge is 2.42. The number of methoxy groups -OCH3 is 1. The molecule has 0 N–H and O–H groups in total. The van der Waals surface area contributed by atoms with E-state index >= 15 is 0 Å². The van der Waals surface area contributed by atoms with Gasteiger partial charge in [-0.15, -0.1) is 0 Å². The summed E-state index contributed by atoms with van der Waals surface area (Å²) in [5.74, 6) is 0.959. The predicted octanol–water partition coefficient (Wildman–Crippen LogP) is 5.32. The van der Waals surface area contributed by atoms with E-state index in [1.165, 1.54) is 0 Å². The van der Waals surface area contributed by atoms with Gasteiger partial charge in [0.05, 0.1) is 36.8 Å². The molecule has 1 aliphatic heterocycles. The van der Waals surface area contributed by atoms with Gasteiger partial charge in [0.15, 0.2) is 16.9 Å². The molecule has 3 aromatic rings. The van der Waals surface area contributed by atoms with Gasteiger partial charge in [-0.05, 0) is 49.2 Å². The normalized spacial score (nSPS) is 15.1. The molecule has 0 fully saturated rings. The van der Waals surface area contributed by atoms with Crippen molar-refractivity contribution in [1.29, 1.82) is 0 Å². The highest BCUT2D eigenvalue weighted by molar-refractivity contribution is 9.10. The highest BCUT2D eigenvalue weighted by Crippen LogP contribution is 2.41. The lowest BCUT2D eigenvalue weighted by molar-refractivity contribution is 0.0663. The Morgan fingerprint density at radius 3 is 2.59 bits per heavy atom. The number of ether oxygens (including phenoxy) is 3. The molecule has 1 atom stereocenters. The van der Waals surface area contributed by atoms with Crippen molar-refractivity contribution in [3.05, 3.63) is 68.0 Å². The van der Waals surface area contributed by atoms with E-state index in [1.807, 2.05) is 25.1 Å². The number of unbranched alkanes of at least 4 members (excludes halogenated alkanes) is 1. The van der Waals surface area contributed by atoms with Crippen molar-refractivity contribution in [2.24, 2.45) is 0 Å². The summed E-state index contributed by atoms with van der Waals surface area (Å²) in [6, 6.07) is 10.1. The molecule has 2 aromatic carbocycles. The molecular weight excluding hydrogens is 502 g/mol. The number of hydrogen-bond acceptors (Lipinski definition) is 6. The maximum Gasteiger partial charge on any atom is 0.290 e. The van der Waals surface area contributed by atoms with Crippen molar-refractivity contribution < 1.29 is 23.4 Å². The number of halogens is 1. The fourth-order valence-electron chi connectivity index (χ4n) is 4.17. The molecule has 8 heteroatoms. The minimum absolute atomic E-state index is 0.0714. The van der Waals surface area contributed by atoms with E-state index in [4.69, 9.17) is 18.6 Å². The second-order valence-corrected chi connectivity index (χ2v) is 8.97. The van der Waals surface area contributed by atoms with Gasteiger partial charge >= 0.3 is 0 Å². The minimum Gasteiger partial charge on any atom is -0.490 e. The van der Waals surface area contributed by atoms with E-state index < -0.39 is 6.04 Å². The van der Waals surface area contributed by atoms with Gasteiger partial charge in [0.25, 0.3) is 5.91 Å². The van der Waals surface area contributed by atoms with Crippen LogP contribution in [0.1, 0.15) is 54.4 Å².